The van der Waals surface area contributed by atoms with Crippen LogP contribution in [0.4, 0.5) is 5.69 Å². The van der Waals surface area contributed by atoms with E-state index in [1.807, 2.05) is 12.1 Å². The summed E-state index contributed by atoms with van der Waals surface area (Å²) < 4.78 is 1.06. The van der Waals surface area contributed by atoms with E-state index in [1.54, 1.807) is 0 Å². The van der Waals surface area contributed by atoms with Gasteiger partial charge in [0.1, 0.15) is 0 Å². The van der Waals surface area contributed by atoms with Gasteiger partial charge in [-0.25, -0.2) is 0 Å². The summed E-state index contributed by atoms with van der Waals surface area (Å²) in [4.78, 5) is 0. The van der Waals surface area contributed by atoms with E-state index in [0.717, 1.165) is 29.2 Å². The van der Waals surface area contributed by atoms with Gasteiger partial charge in [0, 0.05) is 16.7 Å². The second kappa shape index (κ2) is 4.32. The smallest absolute Gasteiger partial charge is 0.0328 e. The van der Waals surface area contributed by atoms with Gasteiger partial charge in [-0.1, -0.05) is 15.9 Å². The predicted molar refractivity (Wildman–Crippen MR) is 63.0 cm³/mol. The molecule has 1 saturated carbocycles. The van der Waals surface area contributed by atoms with Crippen LogP contribution < -0.4 is 11.1 Å². The number of hydrogen-bond donors (Lipinski definition) is 2. The lowest BCUT2D eigenvalue weighted by Crippen LogP contribution is -2.16. The molecule has 3 heteroatoms. The SMILES string of the molecule is Nc1cc(Br)cc(CNCC2CC2)c1. The lowest BCUT2D eigenvalue weighted by molar-refractivity contribution is 0.639. The molecule has 0 radical (unpaired) electrons. The highest BCUT2D eigenvalue weighted by Crippen LogP contribution is 2.27. The molecule has 0 unspecified atom stereocenters. The fraction of sp³-hybridized carbons (Fsp3) is 0.455. The van der Waals surface area contributed by atoms with Crippen molar-refractivity contribution in [2.75, 3.05) is 12.3 Å². The molecule has 2 rings (SSSR count). The average molecular weight is 255 g/mol. The number of nitrogens with one attached hydrogen (secondary N) is 1. The summed E-state index contributed by atoms with van der Waals surface area (Å²) in [6.07, 6.45) is 2.79. The molecule has 0 atom stereocenters. The number of rotatable bonds is 4. The minimum Gasteiger partial charge on any atom is -0.399 e. The average Bonchev–Trinajstić information content (AvgIpc) is 2.86. The van der Waals surface area contributed by atoms with Gasteiger partial charge in [-0.15, -0.1) is 0 Å². The topological polar surface area (TPSA) is 38.0 Å². The summed E-state index contributed by atoms with van der Waals surface area (Å²) in [5.74, 6) is 0.930. The van der Waals surface area contributed by atoms with Gasteiger partial charge in [-0.2, -0.15) is 0 Å². The zero-order valence-electron chi connectivity index (χ0n) is 8.09. The van der Waals surface area contributed by atoms with E-state index in [4.69, 9.17) is 5.73 Å². The molecule has 1 aromatic rings. The first-order chi connectivity index (χ1) is 6.74. The Hall–Kier alpha value is -0.540. The van der Waals surface area contributed by atoms with Crippen molar-refractivity contribution in [1.29, 1.82) is 0 Å². The van der Waals surface area contributed by atoms with Crippen LogP contribution in [0.15, 0.2) is 22.7 Å². The number of hydrogen-bond acceptors (Lipinski definition) is 2. The first-order valence-electron chi connectivity index (χ1n) is 5.00. The van der Waals surface area contributed by atoms with Crippen molar-refractivity contribution in [3.05, 3.63) is 28.2 Å². The van der Waals surface area contributed by atoms with E-state index in [9.17, 15) is 0 Å². The van der Waals surface area contributed by atoms with Crippen molar-refractivity contribution in [1.82, 2.24) is 5.32 Å². The normalized spacial score (nSPS) is 15.8. The van der Waals surface area contributed by atoms with Crippen molar-refractivity contribution in [2.24, 2.45) is 5.92 Å². The van der Waals surface area contributed by atoms with Crippen LogP contribution in [0.25, 0.3) is 0 Å². The second-order valence-corrected chi connectivity index (χ2v) is 4.88. The van der Waals surface area contributed by atoms with Crippen LogP contribution in [0.1, 0.15) is 18.4 Å². The Labute approximate surface area is 93.0 Å². The lowest BCUT2D eigenvalue weighted by atomic mass is 10.2. The van der Waals surface area contributed by atoms with Gasteiger partial charge in [0.2, 0.25) is 0 Å². The summed E-state index contributed by atoms with van der Waals surface area (Å²) in [6.45, 7) is 2.06. The van der Waals surface area contributed by atoms with Gasteiger partial charge in [0.25, 0.3) is 0 Å². The molecule has 1 aliphatic rings. The third-order valence-electron chi connectivity index (χ3n) is 2.44. The van der Waals surface area contributed by atoms with Gasteiger partial charge in [0.15, 0.2) is 0 Å². The molecule has 3 N–H and O–H groups in total. The number of anilines is 1. The highest BCUT2D eigenvalue weighted by Gasteiger charge is 2.19. The van der Waals surface area contributed by atoms with Gasteiger partial charge in [-0.3, -0.25) is 0 Å². The Morgan fingerprint density at radius 3 is 2.79 bits per heavy atom. The highest BCUT2D eigenvalue weighted by atomic mass is 79.9. The maximum atomic E-state index is 5.75. The molecule has 14 heavy (non-hydrogen) atoms. The standard InChI is InChI=1S/C11H15BrN2/c12-10-3-9(4-11(13)5-10)7-14-6-8-1-2-8/h3-5,8,14H,1-2,6-7,13H2. The van der Waals surface area contributed by atoms with Gasteiger partial charge in [0.05, 0.1) is 0 Å². The van der Waals surface area contributed by atoms with Crippen LogP contribution in [0.3, 0.4) is 0 Å². The molecular weight excluding hydrogens is 240 g/mol. The number of benzene rings is 1. The van der Waals surface area contributed by atoms with E-state index in [-0.39, 0.29) is 0 Å². The molecule has 1 aromatic carbocycles. The van der Waals surface area contributed by atoms with Gasteiger partial charge < -0.3 is 11.1 Å². The monoisotopic (exact) mass is 254 g/mol. The Balaban J connectivity index is 1.87. The van der Waals surface area contributed by atoms with E-state index in [2.05, 4.69) is 27.3 Å². The Morgan fingerprint density at radius 2 is 2.14 bits per heavy atom. The zero-order valence-corrected chi connectivity index (χ0v) is 9.68. The maximum Gasteiger partial charge on any atom is 0.0328 e. The summed E-state index contributed by atoms with van der Waals surface area (Å²) in [5, 5.41) is 3.44. The summed E-state index contributed by atoms with van der Waals surface area (Å²) in [7, 11) is 0. The van der Waals surface area contributed by atoms with E-state index < -0.39 is 0 Å². The molecule has 1 aliphatic carbocycles. The van der Waals surface area contributed by atoms with Gasteiger partial charge >= 0.3 is 0 Å². The summed E-state index contributed by atoms with van der Waals surface area (Å²) in [5.41, 5.74) is 7.82. The molecule has 76 valence electrons. The first kappa shape index (κ1) is 9.99. The third kappa shape index (κ3) is 3.00. The Morgan fingerprint density at radius 1 is 1.36 bits per heavy atom. The van der Waals surface area contributed by atoms with Crippen molar-refractivity contribution in [3.8, 4) is 0 Å². The van der Waals surface area contributed by atoms with Crippen LogP contribution in [0, 0.1) is 5.92 Å². The molecule has 0 heterocycles. The fourth-order valence-corrected chi connectivity index (χ4v) is 2.08. The van der Waals surface area contributed by atoms with Crippen molar-refractivity contribution in [2.45, 2.75) is 19.4 Å². The summed E-state index contributed by atoms with van der Waals surface area (Å²) in [6, 6.07) is 6.05. The molecular formula is C11H15BrN2. The molecule has 0 aromatic heterocycles. The van der Waals surface area contributed by atoms with Crippen LogP contribution in [0.5, 0.6) is 0 Å². The molecule has 2 nitrogen and oxygen atoms in total. The first-order valence-corrected chi connectivity index (χ1v) is 5.79. The quantitative estimate of drug-likeness (QED) is 0.811. The van der Waals surface area contributed by atoms with Crippen LogP contribution in [-0.2, 0) is 6.54 Å². The molecule has 0 bridgehead atoms. The fourth-order valence-electron chi connectivity index (χ4n) is 1.52. The molecule has 1 fully saturated rings. The maximum absolute atomic E-state index is 5.75. The third-order valence-corrected chi connectivity index (χ3v) is 2.90. The number of nitrogens with two attached hydrogens (primary N) is 1. The van der Waals surface area contributed by atoms with Crippen LogP contribution in [0.2, 0.25) is 0 Å². The largest absolute Gasteiger partial charge is 0.399 e. The Bertz CT molecular complexity index is 301. The van der Waals surface area contributed by atoms with Crippen LogP contribution in [-0.4, -0.2) is 6.54 Å². The minimum absolute atomic E-state index is 0.822. The Kier molecular flexibility index (Phi) is 3.08. The van der Waals surface area contributed by atoms with E-state index in [0.29, 0.717) is 0 Å². The van der Waals surface area contributed by atoms with Gasteiger partial charge in [-0.05, 0) is 49.1 Å². The van der Waals surface area contributed by atoms with Crippen LogP contribution >= 0.6 is 15.9 Å². The predicted octanol–water partition coefficient (Wildman–Crippen LogP) is 2.53. The molecule has 0 amide bonds. The summed E-state index contributed by atoms with van der Waals surface area (Å²) >= 11 is 3.44. The second-order valence-electron chi connectivity index (χ2n) is 3.97. The van der Waals surface area contributed by atoms with E-state index >= 15 is 0 Å². The molecule has 0 aliphatic heterocycles. The number of halogens is 1. The van der Waals surface area contributed by atoms with Crippen molar-refractivity contribution < 1.29 is 0 Å². The highest BCUT2D eigenvalue weighted by molar-refractivity contribution is 9.10. The number of nitrogen functional groups attached to an aromatic ring is 1. The van der Waals surface area contributed by atoms with Crippen molar-refractivity contribution in [3.63, 3.8) is 0 Å². The van der Waals surface area contributed by atoms with E-state index in [1.165, 1.54) is 18.4 Å². The minimum atomic E-state index is 0.822. The molecule has 0 saturated heterocycles. The molecule has 0 spiro atoms. The zero-order chi connectivity index (χ0) is 9.97. The lowest BCUT2D eigenvalue weighted by Gasteiger charge is -2.05. The van der Waals surface area contributed by atoms with Crippen molar-refractivity contribution >= 4 is 21.6 Å².